The summed E-state index contributed by atoms with van der Waals surface area (Å²) in [5.74, 6) is 1.08. The summed E-state index contributed by atoms with van der Waals surface area (Å²) in [6.07, 6.45) is 2.39. The highest BCUT2D eigenvalue weighted by atomic mass is 16.3. The van der Waals surface area contributed by atoms with Crippen LogP contribution in [-0.4, -0.2) is 11.1 Å². The Balaban J connectivity index is 2.66. The van der Waals surface area contributed by atoms with E-state index in [1.807, 2.05) is 18.2 Å². The van der Waals surface area contributed by atoms with E-state index in [0.29, 0.717) is 17.7 Å². The fourth-order valence-electron chi connectivity index (χ4n) is 2.47. The van der Waals surface area contributed by atoms with Gasteiger partial charge in [0.1, 0.15) is 5.75 Å². The van der Waals surface area contributed by atoms with Gasteiger partial charge in [0.2, 0.25) is 0 Å². The maximum absolute atomic E-state index is 9.81. The first kappa shape index (κ1) is 14.0. The summed E-state index contributed by atoms with van der Waals surface area (Å²) in [4.78, 5) is 0. The van der Waals surface area contributed by atoms with Gasteiger partial charge in [0, 0.05) is 17.6 Å². The molecular weight excluding hydrogens is 210 g/mol. The predicted octanol–water partition coefficient (Wildman–Crippen LogP) is 3.87. The Morgan fingerprint density at radius 3 is 2.24 bits per heavy atom. The molecule has 1 aromatic rings. The Labute approximate surface area is 105 Å². The molecule has 0 aliphatic heterocycles. The second kappa shape index (κ2) is 6.65. The van der Waals surface area contributed by atoms with Gasteiger partial charge >= 0.3 is 0 Å². The van der Waals surface area contributed by atoms with Crippen molar-refractivity contribution in [3.05, 3.63) is 29.8 Å². The normalized spacial score (nSPS) is 14.9. The Morgan fingerprint density at radius 2 is 1.71 bits per heavy atom. The first-order valence-electron chi connectivity index (χ1n) is 6.64. The van der Waals surface area contributed by atoms with E-state index in [1.54, 1.807) is 6.07 Å². The number of benzene rings is 1. The van der Waals surface area contributed by atoms with Crippen LogP contribution in [0.3, 0.4) is 0 Å². The van der Waals surface area contributed by atoms with Crippen LogP contribution in [0.4, 0.5) is 0 Å². The van der Waals surface area contributed by atoms with E-state index in [9.17, 15) is 5.11 Å². The van der Waals surface area contributed by atoms with Crippen molar-refractivity contribution < 1.29 is 5.11 Å². The molecule has 2 atom stereocenters. The molecule has 2 N–H and O–H groups in total. The summed E-state index contributed by atoms with van der Waals surface area (Å²) < 4.78 is 0. The SMILES string of the molecule is CCC(CC)C(C)NC(C)c1ccccc1O. The molecule has 0 heterocycles. The summed E-state index contributed by atoms with van der Waals surface area (Å²) in [5.41, 5.74) is 0.977. The molecule has 0 amide bonds. The van der Waals surface area contributed by atoms with Crippen LogP contribution in [0.15, 0.2) is 24.3 Å². The largest absolute Gasteiger partial charge is 0.508 e. The average molecular weight is 235 g/mol. The van der Waals surface area contributed by atoms with Crippen LogP contribution in [0.25, 0.3) is 0 Å². The minimum absolute atomic E-state index is 0.187. The molecule has 2 heteroatoms. The highest BCUT2D eigenvalue weighted by molar-refractivity contribution is 5.34. The molecule has 0 spiro atoms. The number of hydrogen-bond acceptors (Lipinski definition) is 2. The molecule has 0 aliphatic carbocycles. The van der Waals surface area contributed by atoms with Crippen molar-refractivity contribution in [3.63, 3.8) is 0 Å². The molecule has 17 heavy (non-hydrogen) atoms. The first-order valence-corrected chi connectivity index (χ1v) is 6.64. The van der Waals surface area contributed by atoms with Gasteiger partial charge in [0.15, 0.2) is 0 Å². The number of nitrogens with one attached hydrogen (secondary N) is 1. The lowest BCUT2D eigenvalue weighted by Gasteiger charge is -2.27. The van der Waals surface area contributed by atoms with Crippen LogP contribution in [-0.2, 0) is 0 Å². The summed E-state index contributed by atoms with van der Waals surface area (Å²) >= 11 is 0. The van der Waals surface area contributed by atoms with Gasteiger partial charge in [-0.25, -0.2) is 0 Å². The zero-order chi connectivity index (χ0) is 12.8. The maximum atomic E-state index is 9.81. The lowest BCUT2D eigenvalue weighted by molar-refractivity contribution is 0.326. The number of para-hydroxylation sites is 1. The minimum atomic E-state index is 0.187. The molecule has 0 aromatic heterocycles. The van der Waals surface area contributed by atoms with Crippen LogP contribution in [0.5, 0.6) is 5.75 Å². The van der Waals surface area contributed by atoms with Crippen molar-refractivity contribution in [1.82, 2.24) is 5.32 Å². The zero-order valence-corrected chi connectivity index (χ0v) is 11.4. The van der Waals surface area contributed by atoms with Gasteiger partial charge in [-0.05, 0) is 25.8 Å². The molecule has 0 fully saturated rings. The maximum Gasteiger partial charge on any atom is 0.120 e. The lowest BCUT2D eigenvalue weighted by Crippen LogP contribution is -2.35. The molecule has 2 unspecified atom stereocenters. The van der Waals surface area contributed by atoms with E-state index in [4.69, 9.17) is 0 Å². The lowest BCUT2D eigenvalue weighted by atomic mass is 9.94. The smallest absolute Gasteiger partial charge is 0.120 e. The van der Waals surface area contributed by atoms with Crippen molar-refractivity contribution >= 4 is 0 Å². The van der Waals surface area contributed by atoms with Crippen molar-refractivity contribution in [2.75, 3.05) is 0 Å². The number of hydrogen-bond donors (Lipinski definition) is 2. The summed E-state index contributed by atoms with van der Waals surface area (Å²) in [5, 5.41) is 13.4. The molecule has 0 bridgehead atoms. The second-order valence-corrected chi connectivity index (χ2v) is 4.81. The molecule has 0 saturated heterocycles. The van der Waals surface area contributed by atoms with Gasteiger partial charge < -0.3 is 10.4 Å². The van der Waals surface area contributed by atoms with Gasteiger partial charge in [-0.1, -0.05) is 44.9 Å². The molecule has 0 saturated carbocycles. The average Bonchev–Trinajstić information content (AvgIpc) is 2.31. The molecule has 2 nitrogen and oxygen atoms in total. The van der Waals surface area contributed by atoms with Crippen molar-refractivity contribution in [1.29, 1.82) is 0 Å². The standard InChI is InChI=1S/C15H25NO/c1-5-13(6-2)11(3)16-12(4)14-9-7-8-10-15(14)17/h7-13,16-17H,5-6H2,1-4H3. The van der Waals surface area contributed by atoms with E-state index in [0.717, 1.165) is 5.56 Å². The fourth-order valence-corrected chi connectivity index (χ4v) is 2.47. The predicted molar refractivity (Wildman–Crippen MR) is 73.2 cm³/mol. The highest BCUT2D eigenvalue weighted by Crippen LogP contribution is 2.25. The molecule has 0 aliphatic rings. The van der Waals surface area contributed by atoms with E-state index in [1.165, 1.54) is 12.8 Å². The van der Waals surface area contributed by atoms with Crippen molar-refractivity contribution in [3.8, 4) is 5.75 Å². The zero-order valence-electron chi connectivity index (χ0n) is 11.4. The van der Waals surface area contributed by atoms with Gasteiger partial charge in [0.05, 0.1) is 0 Å². The van der Waals surface area contributed by atoms with E-state index >= 15 is 0 Å². The molecular formula is C15H25NO. The van der Waals surface area contributed by atoms with Crippen LogP contribution >= 0.6 is 0 Å². The number of phenols is 1. The van der Waals surface area contributed by atoms with Gasteiger partial charge in [-0.2, -0.15) is 0 Å². The fraction of sp³-hybridized carbons (Fsp3) is 0.600. The minimum Gasteiger partial charge on any atom is -0.508 e. The van der Waals surface area contributed by atoms with Crippen molar-refractivity contribution in [2.24, 2.45) is 5.92 Å². The number of aromatic hydroxyl groups is 1. The van der Waals surface area contributed by atoms with E-state index in [-0.39, 0.29) is 6.04 Å². The van der Waals surface area contributed by atoms with Crippen LogP contribution < -0.4 is 5.32 Å². The third-order valence-corrected chi connectivity index (χ3v) is 3.67. The molecule has 96 valence electrons. The Morgan fingerprint density at radius 1 is 1.12 bits per heavy atom. The van der Waals surface area contributed by atoms with Crippen LogP contribution in [0.2, 0.25) is 0 Å². The summed E-state index contributed by atoms with van der Waals surface area (Å²) in [7, 11) is 0. The van der Waals surface area contributed by atoms with Gasteiger partial charge in [-0.3, -0.25) is 0 Å². The quantitative estimate of drug-likeness (QED) is 0.784. The molecule has 1 rings (SSSR count). The Kier molecular flexibility index (Phi) is 5.49. The van der Waals surface area contributed by atoms with E-state index in [2.05, 4.69) is 33.0 Å². The third-order valence-electron chi connectivity index (χ3n) is 3.67. The second-order valence-electron chi connectivity index (χ2n) is 4.81. The Bertz CT molecular complexity index is 333. The first-order chi connectivity index (χ1) is 8.10. The van der Waals surface area contributed by atoms with Gasteiger partial charge in [-0.15, -0.1) is 0 Å². The summed E-state index contributed by atoms with van der Waals surface area (Å²) in [6.45, 7) is 8.80. The monoisotopic (exact) mass is 235 g/mol. The van der Waals surface area contributed by atoms with E-state index < -0.39 is 0 Å². The van der Waals surface area contributed by atoms with Crippen molar-refractivity contribution in [2.45, 2.75) is 52.6 Å². The number of rotatable bonds is 6. The topological polar surface area (TPSA) is 32.3 Å². The highest BCUT2D eigenvalue weighted by Gasteiger charge is 2.17. The number of phenolic OH excluding ortho intramolecular Hbond substituents is 1. The third kappa shape index (κ3) is 3.74. The molecule has 0 radical (unpaired) electrons. The van der Waals surface area contributed by atoms with Crippen LogP contribution in [0, 0.1) is 5.92 Å². The Hall–Kier alpha value is -1.02. The summed E-state index contributed by atoms with van der Waals surface area (Å²) in [6, 6.07) is 8.21. The van der Waals surface area contributed by atoms with Gasteiger partial charge in [0.25, 0.3) is 0 Å². The molecule has 1 aromatic carbocycles. The van der Waals surface area contributed by atoms with Crippen LogP contribution in [0.1, 0.15) is 52.1 Å².